The minimum atomic E-state index is -2.83. The lowest BCUT2D eigenvalue weighted by Gasteiger charge is -2.21. The predicted molar refractivity (Wildman–Crippen MR) is 128 cm³/mol. The van der Waals surface area contributed by atoms with E-state index in [2.05, 4.69) is 15.0 Å². The standard InChI is InChI=1S/C25H29F2N5O3/c1-14(13-34-25(26)27)32-22(12-31-7-5-6-8-31)29-20-11-28-19-9-18(23-15(2)30-35-16(23)3)21(33-4)10-17(19)24(20)32/h9-11,14,25H,5-8,12-13H2,1-4H3. The molecule has 0 amide bonds. The second-order valence-corrected chi connectivity index (χ2v) is 9.09. The van der Waals surface area contributed by atoms with Gasteiger partial charge in [-0.25, -0.2) is 4.98 Å². The molecule has 10 heteroatoms. The molecule has 5 rings (SSSR count). The number of aryl methyl sites for hydroxylation is 2. The Morgan fingerprint density at radius 3 is 2.57 bits per heavy atom. The molecule has 1 aromatic carbocycles. The summed E-state index contributed by atoms with van der Waals surface area (Å²) in [5.74, 6) is 2.15. The summed E-state index contributed by atoms with van der Waals surface area (Å²) in [6, 6.07) is 3.54. The molecule has 0 bridgehead atoms. The fourth-order valence-corrected chi connectivity index (χ4v) is 5.10. The SMILES string of the molecule is COc1cc2c(cc1-c1c(C)noc1C)ncc1nc(CN3CCCC3)n(C(C)COC(F)F)c12. The third-order valence-electron chi connectivity index (χ3n) is 6.68. The van der Waals surface area contributed by atoms with Crippen molar-refractivity contribution in [3.63, 3.8) is 0 Å². The van der Waals surface area contributed by atoms with Gasteiger partial charge in [-0.2, -0.15) is 8.78 Å². The van der Waals surface area contributed by atoms with Crippen molar-refractivity contribution in [2.24, 2.45) is 0 Å². The van der Waals surface area contributed by atoms with Crippen molar-refractivity contribution in [2.75, 3.05) is 26.8 Å². The number of aromatic nitrogens is 4. The van der Waals surface area contributed by atoms with Crippen LogP contribution in [-0.2, 0) is 11.3 Å². The molecule has 1 saturated heterocycles. The van der Waals surface area contributed by atoms with Gasteiger partial charge in [0.2, 0.25) is 0 Å². The Morgan fingerprint density at radius 2 is 1.91 bits per heavy atom. The van der Waals surface area contributed by atoms with Gasteiger partial charge in [0, 0.05) is 10.9 Å². The van der Waals surface area contributed by atoms with Gasteiger partial charge in [-0.1, -0.05) is 5.16 Å². The maximum Gasteiger partial charge on any atom is 0.345 e. The molecule has 4 aromatic rings. The smallest absolute Gasteiger partial charge is 0.345 e. The molecule has 186 valence electrons. The number of nitrogens with zero attached hydrogens (tertiary/aromatic N) is 5. The first-order valence-corrected chi connectivity index (χ1v) is 11.8. The highest BCUT2D eigenvalue weighted by Gasteiger charge is 2.24. The number of fused-ring (bicyclic) bond motifs is 3. The third kappa shape index (κ3) is 4.36. The first-order valence-electron chi connectivity index (χ1n) is 11.8. The quantitative estimate of drug-likeness (QED) is 0.337. The molecule has 1 unspecified atom stereocenters. The highest BCUT2D eigenvalue weighted by atomic mass is 19.3. The van der Waals surface area contributed by atoms with E-state index in [9.17, 15) is 8.78 Å². The van der Waals surface area contributed by atoms with Crippen molar-refractivity contribution >= 4 is 21.9 Å². The number of methoxy groups -OCH3 is 1. The van der Waals surface area contributed by atoms with Crippen LogP contribution in [0.5, 0.6) is 5.75 Å². The molecule has 35 heavy (non-hydrogen) atoms. The molecule has 1 atom stereocenters. The molecule has 0 radical (unpaired) electrons. The lowest BCUT2D eigenvalue weighted by atomic mass is 10.0. The minimum absolute atomic E-state index is 0.131. The Morgan fingerprint density at radius 1 is 1.14 bits per heavy atom. The van der Waals surface area contributed by atoms with Crippen LogP contribution in [0, 0.1) is 13.8 Å². The first-order chi connectivity index (χ1) is 16.9. The van der Waals surface area contributed by atoms with Crippen LogP contribution in [0.15, 0.2) is 22.9 Å². The summed E-state index contributed by atoms with van der Waals surface area (Å²) in [6.45, 7) is 5.30. The zero-order valence-corrected chi connectivity index (χ0v) is 20.3. The highest BCUT2D eigenvalue weighted by Crippen LogP contribution is 2.39. The number of hydrogen-bond donors (Lipinski definition) is 0. The Hall–Kier alpha value is -3.11. The molecule has 1 fully saturated rings. The van der Waals surface area contributed by atoms with E-state index >= 15 is 0 Å². The molecular weight excluding hydrogens is 456 g/mol. The normalized spacial score (nSPS) is 15.6. The Bertz CT molecular complexity index is 1340. The number of pyridine rings is 1. The second kappa shape index (κ2) is 9.50. The zero-order chi connectivity index (χ0) is 24.7. The maximum atomic E-state index is 12.9. The number of alkyl halides is 2. The van der Waals surface area contributed by atoms with E-state index in [1.165, 1.54) is 0 Å². The van der Waals surface area contributed by atoms with Gasteiger partial charge in [-0.05, 0) is 58.8 Å². The van der Waals surface area contributed by atoms with Crippen LogP contribution in [-0.4, -0.2) is 58.0 Å². The average molecular weight is 486 g/mol. The average Bonchev–Trinajstić information content (AvgIpc) is 3.56. The predicted octanol–water partition coefficient (Wildman–Crippen LogP) is 5.26. The van der Waals surface area contributed by atoms with Crippen molar-refractivity contribution in [1.82, 2.24) is 24.6 Å². The van der Waals surface area contributed by atoms with Crippen LogP contribution in [0.1, 0.15) is 43.1 Å². The number of ether oxygens (including phenoxy) is 2. The number of imidazole rings is 1. The molecule has 0 saturated carbocycles. The molecule has 1 aliphatic rings. The van der Waals surface area contributed by atoms with E-state index in [1.807, 2.05) is 37.5 Å². The molecule has 0 spiro atoms. The summed E-state index contributed by atoms with van der Waals surface area (Å²) in [7, 11) is 1.62. The van der Waals surface area contributed by atoms with Gasteiger partial charge in [0.05, 0.1) is 54.8 Å². The largest absolute Gasteiger partial charge is 0.496 e. The minimum Gasteiger partial charge on any atom is -0.496 e. The molecule has 0 N–H and O–H groups in total. The summed E-state index contributed by atoms with van der Waals surface area (Å²) in [5, 5.41) is 4.91. The van der Waals surface area contributed by atoms with Gasteiger partial charge in [-0.15, -0.1) is 0 Å². The van der Waals surface area contributed by atoms with Crippen LogP contribution in [0.25, 0.3) is 33.1 Å². The van der Waals surface area contributed by atoms with Crippen LogP contribution in [0.4, 0.5) is 8.78 Å². The number of likely N-dealkylation sites (tertiary alicyclic amines) is 1. The fraction of sp³-hybridized carbons (Fsp3) is 0.480. The Labute approximate surface area is 201 Å². The summed E-state index contributed by atoms with van der Waals surface area (Å²) in [4.78, 5) is 11.9. The third-order valence-corrected chi connectivity index (χ3v) is 6.68. The first kappa shape index (κ1) is 23.6. The van der Waals surface area contributed by atoms with Gasteiger partial charge in [0.15, 0.2) is 0 Å². The van der Waals surface area contributed by atoms with E-state index in [1.54, 1.807) is 13.3 Å². The summed E-state index contributed by atoms with van der Waals surface area (Å²) in [5.41, 5.74) is 4.75. The molecule has 3 aromatic heterocycles. The van der Waals surface area contributed by atoms with E-state index < -0.39 is 6.61 Å². The Kier molecular flexibility index (Phi) is 6.41. The molecular formula is C25H29F2N5O3. The van der Waals surface area contributed by atoms with Crippen molar-refractivity contribution in [3.05, 3.63) is 35.6 Å². The van der Waals surface area contributed by atoms with Gasteiger partial charge >= 0.3 is 6.61 Å². The topological polar surface area (TPSA) is 78.4 Å². The van der Waals surface area contributed by atoms with Crippen molar-refractivity contribution < 1.29 is 22.8 Å². The zero-order valence-electron chi connectivity index (χ0n) is 20.3. The lowest BCUT2D eigenvalue weighted by molar-refractivity contribution is -0.135. The second-order valence-electron chi connectivity index (χ2n) is 9.09. The van der Waals surface area contributed by atoms with Crippen LogP contribution in [0.2, 0.25) is 0 Å². The maximum absolute atomic E-state index is 12.9. The van der Waals surface area contributed by atoms with Crippen molar-refractivity contribution in [2.45, 2.75) is 52.8 Å². The van der Waals surface area contributed by atoms with Gasteiger partial charge < -0.3 is 18.6 Å². The van der Waals surface area contributed by atoms with Crippen LogP contribution >= 0.6 is 0 Å². The van der Waals surface area contributed by atoms with Gasteiger partial charge in [0.25, 0.3) is 0 Å². The monoisotopic (exact) mass is 485 g/mol. The fourth-order valence-electron chi connectivity index (χ4n) is 5.10. The molecule has 4 heterocycles. The number of rotatable bonds is 8. The summed E-state index contributed by atoms with van der Waals surface area (Å²) < 4.78 is 43.6. The van der Waals surface area contributed by atoms with Gasteiger partial charge in [-0.3, -0.25) is 9.88 Å². The highest BCUT2D eigenvalue weighted by molar-refractivity contribution is 6.05. The number of hydrogen-bond acceptors (Lipinski definition) is 7. The van der Waals surface area contributed by atoms with Crippen molar-refractivity contribution in [3.8, 4) is 16.9 Å². The molecule has 1 aliphatic heterocycles. The molecule has 0 aliphatic carbocycles. The van der Waals surface area contributed by atoms with Crippen molar-refractivity contribution in [1.29, 1.82) is 0 Å². The number of benzene rings is 1. The van der Waals surface area contributed by atoms with Gasteiger partial charge in [0.1, 0.15) is 22.9 Å². The lowest BCUT2D eigenvalue weighted by Crippen LogP contribution is -2.24. The van der Waals surface area contributed by atoms with E-state index in [4.69, 9.17) is 19.0 Å². The molecule has 8 nitrogen and oxygen atoms in total. The van der Waals surface area contributed by atoms with Crippen LogP contribution in [0.3, 0.4) is 0 Å². The van der Waals surface area contributed by atoms with E-state index in [-0.39, 0.29) is 12.6 Å². The van der Waals surface area contributed by atoms with E-state index in [0.717, 1.165) is 65.0 Å². The van der Waals surface area contributed by atoms with E-state index in [0.29, 0.717) is 23.6 Å². The summed E-state index contributed by atoms with van der Waals surface area (Å²) in [6.07, 6.45) is 4.04. The number of halogens is 2. The Balaban J connectivity index is 1.71. The van der Waals surface area contributed by atoms with Crippen LogP contribution < -0.4 is 4.74 Å². The summed E-state index contributed by atoms with van der Waals surface area (Å²) >= 11 is 0.